The van der Waals surface area contributed by atoms with E-state index in [1.54, 1.807) is 6.33 Å². The third-order valence-electron chi connectivity index (χ3n) is 5.78. The van der Waals surface area contributed by atoms with Crippen LogP contribution in [0.2, 0.25) is 0 Å². The van der Waals surface area contributed by atoms with Crippen molar-refractivity contribution in [3.63, 3.8) is 0 Å². The molecule has 0 saturated heterocycles. The van der Waals surface area contributed by atoms with Crippen LogP contribution < -0.4 is 5.73 Å². The third-order valence-corrected chi connectivity index (χ3v) is 5.78. The van der Waals surface area contributed by atoms with Crippen LogP contribution in [-0.4, -0.2) is 26.6 Å². The Morgan fingerprint density at radius 3 is 2.67 bits per heavy atom. The quantitative estimate of drug-likeness (QED) is 0.525. The van der Waals surface area contributed by atoms with Gasteiger partial charge in [-0.15, -0.1) is 0 Å². The number of aliphatic hydroxyl groups is 1. The Bertz CT molecular complexity index is 1140. The number of hydrogen-bond acceptors (Lipinski definition) is 4. The molecule has 1 aliphatic rings. The smallest absolute Gasteiger partial charge is 0.141 e. The van der Waals surface area contributed by atoms with Gasteiger partial charge in [0.05, 0.1) is 11.8 Å². The van der Waals surface area contributed by atoms with Crippen molar-refractivity contribution in [1.29, 1.82) is 0 Å². The predicted molar refractivity (Wildman–Crippen MR) is 105 cm³/mol. The largest absolute Gasteiger partial charge is 0.388 e. The van der Waals surface area contributed by atoms with Crippen LogP contribution >= 0.6 is 0 Å². The zero-order valence-corrected chi connectivity index (χ0v) is 14.8. The van der Waals surface area contributed by atoms with Crippen molar-refractivity contribution in [2.24, 2.45) is 5.73 Å². The minimum Gasteiger partial charge on any atom is -0.388 e. The van der Waals surface area contributed by atoms with E-state index in [2.05, 4.69) is 33.2 Å². The van der Waals surface area contributed by atoms with Gasteiger partial charge in [0.25, 0.3) is 0 Å². The second-order valence-corrected chi connectivity index (χ2v) is 7.10. The summed E-state index contributed by atoms with van der Waals surface area (Å²) in [7, 11) is 0. The molecular weight excluding hydrogens is 336 g/mol. The van der Waals surface area contributed by atoms with E-state index in [1.165, 1.54) is 0 Å². The van der Waals surface area contributed by atoms with Gasteiger partial charge < -0.3 is 15.8 Å². The molecule has 27 heavy (non-hydrogen) atoms. The second-order valence-electron chi connectivity index (χ2n) is 7.10. The van der Waals surface area contributed by atoms with E-state index in [4.69, 9.17) is 5.73 Å². The zero-order chi connectivity index (χ0) is 18.4. The molecule has 0 bridgehead atoms. The Hall–Kier alpha value is -3.02. The summed E-state index contributed by atoms with van der Waals surface area (Å²) in [5, 5.41) is 11.7. The first-order valence-electron chi connectivity index (χ1n) is 9.10. The minimum absolute atomic E-state index is 0.416. The summed E-state index contributed by atoms with van der Waals surface area (Å²) in [5.41, 5.74) is 11.8. The molecule has 1 aliphatic carbocycles. The van der Waals surface area contributed by atoms with Crippen molar-refractivity contribution < 1.29 is 5.11 Å². The lowest BCUT2D eigenvalue weighted by Gasteiger charge is -2.32. The SMILES string of the molecule is NCC1(c2ccccc2-c2ncnc3[nH]ccc23)CC(O)c2ccccc21. The molecule has 0 radical (unpaired) electrons. The zero-order valence-electron chi connectivity index (χ0n) is 14.8. The van der Waals surface area contributed by atoms with Gasteiger partial charge in [0.1, 0.15) is 12.0 Å². The summed E-state index contributed by atoms with van der Waals surface area (Å²) >= 11 is 0. The van der Waals surface area contributed by atoms with Crippen molar-refractivity contribution >= 4 is 11.0 Å². The highest BCUT2D eigenvalue weighted by atomic mass is 16.3. The molecule has 2 atom stereocenters. The number of aromatic nitrogens is 3. The fourth-order valence-electron chi connectivity index (χ4n) is 4.53. The standard InChI is InChI=1S/C22H20N4O/c23-12-22(11-19(27)14-5-1-3-7-17(14)22)18-8-4-2-6-15(18)20-16-9-10-24-21(16)26-13-25-20/h1-10,13,19,27H,11-12,23H2,(H,24,25,26). The number of aliphatic hydroxyl groups excluding tert-OH is 1. The predicted octanol–water partition coefficient (Wildman–Crippen LogP) is 3.31. The fourth-order valence-corrected chi connectivity index (χ4v) is 4.53. The molecule has 5 nitrogen and oxygen atoms in total. The van der Waals surface area contributed by atoms with Crippen molar-refractivity contribution in [3.05, 3.63) is 83.8 Å². The first-order chi connectivity index (χ1) is 13.2. The van der Waals surface area contributed by atoms with Crippen LogP contribution in [0.25, 0.3) is 22.3 Å². The van der Waals surface area contributed by atoms with Crippen LogP contribution in [-0.2, 0) is 5.41 Å². The molecule has 0 spiro atoms. The molecule has 5 rings (SSSR count). The number of H-pyrrole nitrogens is 1. The summed E-state index contributed by atoms with van der Waals surface area (Å²) in [5.74, 6) is 0. The number of rotatable bonds is 3. The van der Waals surface area contributed by atoms with Crippen molar-refractivity contribution in [3.8, 4) is 11.3 Å². The molecule has 2 heterocycles. The monoisotopic (exact) mass is 356 g/mol. The maximum atomic E-state index is 10.7. The van der Waals surface area contributed by atoms with E-state index in [9.17, 15) is 5.11 Å². The first-order valence-corrected chi connectivity index (χ1v) is 9.10. The number of fused-ring (bicyclic) bond motifs is 2. The third kappa shape index (κ3) is 2.25. The highest BCUT2D eigenvalue weighted by Gasteiger charge is 2.44. The van der Waals surface area contributed by atoms with Crippen molar-refractivity contribution in [2.75, 3.05) is 6.54 Å². The van der Waals surface area contributed by atoms with Crippen molar-refractivity contribution in [2.45, 2.75) is 17.9 Å². The van der Waals surface area contributed by atoms with Gasteiger partial charge in [-0.2, -0.15) is 0 Å². The summed E-state index contributed by atoms with van der Waals surface area (Å²) in [6.07, 6.45) is 3.51. The molecule has 4 N–H and O–H groups in total. The number of nitrogens with zero attached hydrogens (tertiary/aromatic N) is 2. The Balaban J connectivity index is 1.79. The fraction of sp³-hybridized carbons (Fsp3) is 0.182. The molecule has 4 aromatic rings. The molecule has 2 aromatic carbocycles. The molecule has 2 aromatic heterocycles. The number of nitrogens with two attached hydrogens (primary N) is 1. The lowest BCUT2D eigenvalue weighted by Crippen LogP contribution is -2.35. The molecule has 0 saturated carbocycles. The van der Waals surface area contributed by atoms with Gasteiger partial charge in [-0.25, -0.2) is 9.97 Å². The van der Waals surface area contributed by atoms with Crippen LogP contribution in [0.15, 0.2) is 67.1 Å². The molecular formula is C22H20N4O. The van der Waals surface area contributed by atoms with Gasteiger partial charge in [0.2, 0.25) is 0 Å². The lowest BCUT2D eigenvalue weighted by molar-refractivity contribution is 0.163. The van der Waals surface area contributed by atoms with Gasteiger partial charge >= 0.3 is 0 Å². The number of benzene rings is 2. The first kappa shape index (κ1) is 16.2. The second kappa shape index (κ2) is 6.01. The Kier molecular flexibility index (Phi) is 3.60. The average Bonchev–Trinajstić information content (AvgIpc) is 3.31. The molecule has 2 unspecified atom stereocenters. The van der Waals surface area contributed by atoms with Crippen LogP contribution in [0.4, 0.5) is 0 Å². The lowest BCUT2D eigenvalue weighted by atomic mass is 9.73. The summed E-state index contributed by atoms with van der Waals surface area (Å²) in [6, 6.07) is 18.3. The number of hydrogen-bond donors (Lipinski definition) is 3. The summed E-state index contributed by atoms with van der Waals surface area (Å²) < 4.78 is 0. The highest BCUT2D eigenvalue weighted by molar-refractivity contribution is 5.91. The highest BCUT2D eigenvalue weighted by Crippen LogP contribution is 2.50. The molecule has 0 amide bonds. The van der Waals surface area contributed by atoms with Gasteiger partial charge in [0.15, 0.2) is 0 Å². The van der Waals surface area contributed by atoms with Crippen molar-refractivity contribution in [1.82, 2.24) is 15.0 Å². The van der Waals surface area contributed by atoms with Gasteiger partial charge in [-0.05, 0) is 29.2 Å². The van der Waals surface area contributed by atoms with Crippen LogP contribution in [0.1, 0.15) is 29.2 Å². The topological polar surface area (TPSA) is 87.8 Å². The van der Waals surface area contributed by atoms with E-state index in [0.717, 1.165) is 39.0 Å². The van der Waals surface area contributed by atoms with Gasteiger partial charge in [-0.3, -0.25) is 0 Å². The van der Waals surface area contributed by atoms with Crippen LogP contribution in [0, 0.1) is 0 Å². The Labute approximate surface area is 156 Å². The van der Waals surface area contributed by atoms with Crippen LogP contribution in [0.5, 0.6) is 0 Å². The van der Waals surface area contributed by atoms with E-state index in [0.29, 0.717) is 13.0 Å². The number of nitrogens with one attached hydrogen (secondary N) is 1. The average molecular weight is 356 g/mol. The summed E-state index contributed by atoms with van der Waals surface area (Å²) in [4.78, 5) is 12.0. The van der Waals surface area contributed by atoms with Crippen LogP contribution in [0.3, 0.4) is 0 Å². The number of aromatic amines is 1. The Morgan fingerprint density at radius 2 is 1.81 bits per heavy atom. The molecule has 0 aliphatic heterocycles. The summed E-state index contributed by atoms with van der Waals surface area (Å²) in [6.45, 7) is 0.416. The molecule has 134 valence electrons. The van der Waals surface area contributed by atoms with E-state index in [-0.39, 0.29) is 0 Å². The van der Waals surface area contributed by atoms with E-state index in [1.807, 2.05) is 42.6 Å². The molecule has 0 fully saturated rings. The Morgan fingerprint density at radius 1 is 1.04 bits per heavy atom. The maximum Gasteiger partial charge on any atom is 0.141 e. The van der Waals surface area contributed by atoms with E-state index < -0.39 is 11.5 Å². The van der Waals surface area contributed by atoms with E-state index >= 15 is 0 Å². The van der Waals surface area contributed by atoms with Gasteiger partial charge in [0, 0.05) is 29.1 Å². The van der Waals surface area contributed by atoms with Gasteiger partial charge in [-0.1, -0.05) is 48.5 Å². The minimum atomic E-state index is -0.518. The maximum absolute atomic E-state index is 10.7. The normalized spacial score (nSPS) is 21.5. The molecule has 5 heteroatoms.